The number of benzene rings is 1. The summed E-state index contributed by atoms with van der Waals surface area (Å²) in [6.07, 6.45) is 2.47. The van der Waals surface area contributed by atoms with Crippen LogP contribution in [0.2, 0.25) is 0 Å². The zero-order chi connectivity index (χ0) is 15.1. The third-order valence-electron chi connectivity index (χ3n) is 5.04. The second-order valence-corrected chi connectivity index (χ2v) is 6.92. The van der Waals surface area contributed by atoms with Crippen molar-refractivity contribution in [2.75, 3.05) is 7.11 Å². The molecule has 1 aliphatic carbocycles. The van der Waals surface area contributed by atoms with Gasteiger partial charge in [-0.05, 0) is 43.7 Å². The molecular weight excluding hydrogens is 284 g/mol. The number of ether oxygens (including phenoxy) is 1. The molecule has 3 nitrogen and oxygen atoms in total. The molecule has 0 spiro atoms. The van der Waals surface area contributed by atoms with E-state index in [9.17, 15) is 0 Å². The fourth-order valence-corrected chi connectivity index (χ4v) is 3.76. The molecular formula is C17H23ClN2O. The summed E-state index contributed by atoms with van der Waals surface area (Å²) in [6.45, 7) is 6.68. The Morgan fingerprint density at radius 2 is 2.10 bits per heavy atom. The maximum absolute atomic E-state index is 6.41. The predicted molar refractivity (Wildman–Crippen MR) is 87.2 cm³/mol. The molecule has 0 amide bonds. The monoisotopic (exact) mass is 306 g/mol. The number of nitrogens with zero attached hydrogens (tertiary/aromatic N) is 2. The van der Waals surface area contributed by atoms with Gasteiger partial charge in [0.2, 0.25) is 0 Å². The Labute approximate surface area is 131 Å². The zero-order valence-electron chi connectivity index (χ0n) is 13.1. The van der Waals surface area contributed by atoms with Crippen LogP contribution in [0.25, 0.3) is 11.0 Å². The first-order chi connectivity index (χ1) is 10.0. The number of imidazole rings is 1. The third kappa shape index (κ3) is 2.32. The van der Waals surface area contributed by atoms with Gasteiger partial charge in [0, 0.05) is 6.04 Å². The Kier molecular flexibility index (Phi) is 3.87. The number of methoxy groups -OCH3 is 1. The molecule has 1 aromatic heterocycles. The number of aromatic nitrogens is 2. The highest BCUT2D eigenvalue weighted by atomic mass is 35.5. The van der Waals surface area contributed by atoms with Crippen LogP contribution in [0, 0.1) is 11.8 Å². The van der Waals surface area contributed by atoms with E-state index in [1.807, 2.05) is 19.1 Å². The average Bonchev–Trinajstić information content (AvgIpc) is 3.00. The van der Waals surface area contributed by atoms with Crippen LogP contribution < -0.4 is 4.74 Å². The third-order valence-corrected chi connectivity index (χ3v) is 5.24. The van der Waals surface area contributed by atoms with Gasteiger partial charge in [-0.2, -0.15) is 0 Å². The molecule has 4 atom stereocenters. The van der Waals surface area contributed by atoms with Crippen LogP contribution in [0.5, 0.6) is 5.75 Å². The van der Waals surface area contributed by atoms with Crippen molar-refractivity contribution in [3.05, 3.63) is 24.0 Å². The molecule has 0 N–H and O–H groups in total. The van der Waals surface area contributed by atoms with Crippen molar-refractivity contribution < 1.29 is 4.74 Å². The van der Waals surface area contributed by atoms with Gasteiger partial charge in [-0.3, -0.25) is 0 Å². The summed E-state index contributed by atoms with van der Waals surface area (Å²) in [5.41, 5.74) is 2.07. The first kappa shape index (κ1) is 14.7. The van der Waals surface area contributed by atoms with E-state index in [0.29, 0.717) is 12.0 Å². The minimum atomic E-state index is -0.106. The molecule has 0 aliphatic heterocycles. The lowest BCUT2D eigenvalue weighted by Crippen LogP contribution is -2.17. The Morgan fingerprint density at radius 1 is 1.33 bits per heavy atom. The van der Waals surface area contributed by atoms with Crippen LogP contribution in [0.3, 0.4) is 0 Å². The van der Waals surface area contributed by atoms with Crippen molar-refractivity contribution in [2.24, 2.45) is 11.8 Å². The van der Waals surface area contributed by atoms with Crippen molar-refractivity contribution in [1.82, 2.24) is 9.55 Å². The van der Waals surface area contributed by atoms with E-state index in [1.54, 1.807) is 7.11 Å². The largest absolute Gasteiger partial charge is 0.494 e. The fourth-order valence-electron chi connectivity index (χ4n) is 3.61. The van der Waals surface area contributed by atoms with Crippen molar-refractivity contribution in [3.63, 3.8) is 0 Å². The van der Waals surface area contributed by atoms with Crippen molar-refractivity contribution in [1.29, 1.82) is 0 Å². The van der Waals surface area contributed by atoms with E-state index < -0.39 is 0 Å². The molecule has 0 saturated heterocycles. The van der Waals surface area contributed by atoms with Gasteiger partial charge in [-0.1, -0.05) is 19.9 Å². The Hall–Kier alpha value is -1.22. The Morgan fingerprint density at radius 3 is 2.67 bits per heavy atom. The average molecular weight is 307 g/mol. The topological polar surface area (TPSA) is 27.1 Å². The number of alkyl halides is 1. The molecule has 0 radical (unpaired) electrons. The molecule has 1 aromatic carbocycles. The molecule has 1 aliphatic rings. The number of para-hydroxylation sites is 1. The minimum Gasteiger partial charge on any atom is -0.494 e. The van der Waals surface area contributed by atoms with Gasteiger partial charge in [0.1, 0.15) is 17.1 Å². The molecule has 21 heavy (non-hydrogen) atoms. The van der Waals surface area contributed by atoms with Gasteiger partial charge in [0.15, 0.2) is 0 Å². The summed E-state index contributed by atoms with van der Waals surface area (Å²) < 4.78 is 7.83. The fraction of sp³-hybridized carbons (Fsp3) is 0.588. The van der Waals surface area contributed by atoms with Crippen molar-refractivity contribution in [2.45, 2.75) is 45.0 Å². The minimum absolute atomic E-state index is 0.106. The van der Waals surface area contributed by atoms with Crippen LogP contribution in [0.4, 0.5) is 0 Å². The van der Waals surface area contributed by atoms with E-state index in [4.69, 9.17) is 21.3 Å². The Bertz CT molecular complexity index is 650. The molecule has 4 unspecified atom stereocenters. The molecule has 0 bridgehead atoms. The highest BCUT2D eigenvalue weighted by molar-refractivity contribution is 6.20. The highest BCUT2D eigenvalue weighted by Crippen LogP contribution is 2.44. The van der Waals surface area contributed by atoms with Gasteiger partial charge in [-0.15, -0.1) is 11.6 Å². The molecule has 114 valence electrons. The maximum atomic E-state index is 6.41. The van der Waals surface area contributed by atoms with Crippen molar-refractivity contribution >= 4 is 22.6 Å². The van der Waals surface area contributed by atoms with E-state index in [-0.39, 0.29) is 5.38 Å². The van der Waals surface area contributed by atoms with Gasteiger partial charge in [0.25, 0.3) is 0 Å². The lowest BCUT2D eigenvalue weighted by Gasteiger charge is -2.23. The quantitative estimate of drug-likeness (QED) is 0.750. The lowest BCUT2D eigenvalue weighted by atomic mass is 9.97. The summed E-state index contributed by atoms with van der Waals surface area (Å²) in [5, 5.41) is -0.106. The number of hydrogen-bond donors (Lipinski definition) is 0. The summed E-state index contributed by atoms with van der Waals surface area (Å²) >= 11 is 6.41. The van der Waals surface area contributed by atoms with Gasteiger partial charge in [0.05, 0.1) is 18.0 Å². The SMILES string of the molecule is COc1cccc2c1nc(C(C)Cl)n2C1CCC(C)C1C. The number of rotatable bonds is 3. The van der Waals surface area contributed by atoms with Crippen LogP contribution in [-0.2, 0) is 0 Å². The summed E-state index contributed by atoms with van der Waals surface area (Å²) in [7, 11) is 1.69. The number of hydrogen-bond acceptors (Lipinski definition) is 2. The van der Waals surface area contributed by atoms with E-state index >= 15 is 0 Å². The summed E-state index contributed by atoms with van der Waals surface area (Å²) in [5.74, 6) is 3.17. The normalized spacial score (nSPS) is 27.2. The molecule has 3 rings (SSSR count). The predicted octanol–water partition coefficient (Wildman–Crippen LogP) is 4.95. The standard InChI is InChI=1S/C17H23ClN2O/c1-10-8-9-13(11(10)2)20-14-6-5-7-15(21-4)16(14)19-17(20)12(3)18/h5-7,10-13H,8-9H2,1-4H3. The van der Waals surface area contributed by atoms with Gasteiger partial charge < -0.3 is 9.30 Å². The van der Waals surface area contributed by atoms with Crippen LogP contribution >= 0.6 is 11.6 Å². The summed E-state index contributed by atoms with van der Waals surface area (Å²) in [4.78, 5) is 4.79. The molecule has 1 saturated carbocycles. The second-order valence-electron chi connectivity index (χ2n) is 6.27. The lowest BCUT2D eigenvalue weighted by molar-refractivity contribution is 0.352. The molecule has 4 heteroatoms. The number of fused-ring (bicyclic) bond motifs is 1. The zero-order valence-corrected chi connectivity index (χ0v) is 13.9. The maximum Gasteiger partial charge on any atom is 0.146 e. The molecule has 1 heterocycles. The van der Waals surface area contributed by atoms with E-state index in [0.717, 1.165) is 28.5 Å². The summed E-state index contributed by atoms with van der Waals surface area (Å²) in [6, 6.07) is 6.60. The van der Waals surface area contributed by atoms with Gasteiger partial charge >= 0.3 is 0 Å². The van der Waals surface area contributed by atoms with Gasteiger partial charge in [-0.25, -0.2) is 4.98 Å². The smallest absolute Gasteiger partial charge is 0.146 e. The molecule has 2 aromatic rings. The first-order valence-electron chi connectivity index (χ1n) is 7.73. The van der Waals surface area contributed by atoms with Crippen LogP contribution in [0.15, 0.2) is 18.2 Å². The molecule has 1 fully saturated rings. The van der Waals surface area contributed by atoms with Crippen LogP contribution in [-0.4, -0.2) is 16.7 Å². The van der Waals surface area contributed by atoms with Crippen molar-refractivity contribution in [3.8, 4) is 5.75 Å². The first-order valence-corrected chi connectivity index (χ1v) is 8.17. The highest BCUT2D eigenvalue weighted by Gasteiger charge is 2.34. The van der Waals surface area contributed by atoms with E-state index in [2.05, 4.69) is 24.5 Å². The van der Waals surface area contributed by atoms with E-state index in [1.165, 1.54) is 12.8 Å². The Balaban J connectivity index is 2.22. The second kappa shape index (κ2) is 5.53. The van der Waals surface area contributed by atoms with Crippen LogP contribution in [0.1, 0.15) is 50.9 Å². The number of halogens is 1.